The zero-order valence-corrected chi connectivity index (χ0v) is 13.4. The first-order chi connectivity index (χ1) is 11.6. The van der Waals surface area contributed by atoms with Crippen molar-refractivity contribution in [1.82, 2.24) is 10.3 Å². The number of aromatic nitrogens is 1. The van der Waals surface area contributed by atoms with Gasteiger partial charge in [0.15, 0.2) is 0 Å². The van der Waals surface area contributed by atoms with E-state index in [1.165, 1.54) is 6.20 Å². The molecule has 0 fully saturated rings. The highest BCUT2D eigenvalue weighted by Crippen LogP contribution is 2.40. The monoisotopic (exact) mass is 325 g/mol. The minimum absolute atomic E-state index is 0.0889. The van der Waals surface area contributed by atoms with Crippen LogP contribution in [-0.4, -0.2) is 35.0 Å². The molecule has 6 nitrogen and oxygen atoms in total. The SMILES string of the molecule is CC1CCN(C(=O)CNC(=O)c2cccnc2)c2c(O)cccc21. The first kappa shape index (κ1) is 16.0. The predicted octanol–water partition coefficient (Wildman–Crippen LogP) is 2.06. The van der Waals surface area contributed by atoms with Crippen LogP contribution in [0.15, 0.2) is 42.7 Å². The summed E-state index contributed by atoms with van der Waals surface area (Å²) in [6.07, 6.45) is 3.85. The zero-order valence-electron chi connectivity index (χ0n) is 13.4. The first-order valence-corrected chi connectivity index (χ1v) is 7.88. The van der Waals surface area contributed by atoms with E-state index in [2.05, 4.69) is 17.2 Å². The summed E-state index contributed by atoms with van der Waals surface area (Å²) in [5, 5.41) is 12.8. The second-order valence-corrected chi connectivity index (χ2v) is 5.87. The van der Waals surface area contributed by atoms with Gasteiger partial charge in [0.2, 0.25) is 5.91 Å². The number of rotatable bonds is 3. The van der Waals surface area contributed by atoms with E-state index in [1.807, 2.05) is 6.07 Å². The molecule has 24 heavy (non-hydrogen) atoms. The minimum Gasteiger partial charge on any atom is -0.506 e. The Morgan fingerprint density at radius 2 is 2.17 bits per heavy atom. The van der Waals surface area contributed by atoms with Gasteiger partial charge in [0, 0.05) is 18.9 Å². The van der Waals surface area contributed by atoms with Gasteiger partial charge in [-0.2, -0.15) is 0 Å². The van der Waals surface area contributed by atoms with Gasteiger partial charge >= 0.3 is 0 Å². The van der Waals surface area contributed by atoms with Crippen LogP contribution in [0.25, 0.3) is 0 Å². The molecule has 3 rings (SSSR count). The Labute approximate surface area is 140 Å². The van der Waals surface area contributed by atoms with Crippen LogP contribution in [-0.2, 0) is 4.79 Å². The van der Waals surface area contributed by atoms with E-state index < -0.39 is 0 Å². The van der Waals surface area contributed by atoms with Crippen LogP contribution in [0.1, 0.15) is 35.2 Å². The number of anilines is 1. The lowest BCUT2D eigenvalue weighted by atomic mass is 9.91. The van der Waals surface area contributed by atoms with Gasteiger partial charge in [-0.3, -0.25) is 14.6 Å². The quantitative estimate of drug-likeness (QED) is 0.905. The number of carbonyl (C=O) groups excluding carboxylic acids is 2. The standard InChI is InChI=1S/C18H19N3O3/c1-12-7-9-21(17-14(12)5-2-6-15(17)22)16(23)11-20-18(24)13-4-3-8-19-10-13/h2-6,8,10,12,22H,7,9,11H2,1H3,(H,20,24). The van der Waals surface area contributed by atoms with Crippen molar-refractivity contribution >= 4 is 17.5 Å². The Kier molecular flexibility index (Phi) is 4.46. The molecule has 1 aliphatic rings. The molecule has 1 atom stereocenters. The Morgan fingerprint density at radius 1 is 1.33 bits per heavy atom. The van der Waals surface area contributed by atoms with Crippen LogP contribution in [0.5, 0.6) is 5.75 Å². The Hall–Kier alpha value is -2.89. The lowest BCUT2D eigenvalue weighted by molar-refractivity contribution is -0.117. The topological polar surface area (TPSA) is 82.5 Å². The molecule has 1 unspecified atom stereocenters. The van der Waals surface area contributed by atoms with Crippen LogP contribution in [0.3, 0.4) is 0 Å². The second kappa shape index (κ2) is 6.70. The number of benzene rings is 1. The summed E-state index contributed by atoms with van der Waals surface area (Å²) in [5.74, 6) is -0.228. The number of para-hydroxylation sites is 1. The molecule has 6 heteroatoms. The first-order valence-electron chi connectivity index (χ1n) is 7.88. The van der Waals surface area contributed by atoms with E-state index in [0.29, 0.717) is 17.8 Å². The van der Waals surface area contributed by atoms with Crippen LogP contribution >= 0.6 is 0 Å². The highest BCUT2D eigenvalue weighted by atomic mass is 16.3. The number of amides is 2. The third kappa shape index (κ3) is 3.08. The van der Waals surface area contributed by atoms with Gasteiger partial charge in [-0.25, -0.2) is 0 Å². The van der Waals surface area contributed by atoms with E-state index in [1.54, 1.807) is 35.4 Å². The van der Waals surface area contributed by atoms with Gasteiger partial charge in [0.05, 0.1) is 17.8 Å². The van der Waals surface area contributed by atoms with Crippen LogP contribution in [0.2, 0.25) is 0 Å². The largest absolute Gasteiger partial charge is 0.506 e. The minimum atomic E-state index is -0.348. The highest BCUT2D eigenvalue weighted by Gasteiger charge is 2.28. The van der Waals surface area contributed by atoms with Crippen LogP contribution < -0.4 is 10.2 Å². The molecule has 2 N–H and O–H groups in total. The lowest BCUT2D eigenvalue weighted by Crippen LogP contribution is -2.43. The van der Waals surface area contributed by atoms with Crippen molar-refractivity contribution in [3.05, 3.63) is 53.9 Å². The Bertz CT molecular complexity index is 761. The molecule has 1 aliphatic heterocycles. The van der Waals surface area contributed by atoms with Crippen molar-refractivity contribution in [2.24, 2.45) is 0 Å². The molecule has 1 aromatic heterocycles. The molecule has 2 aromatic rings. The maximum atomic E-state index is 12.5. The number of phenols is 1. The fraction of sp³-hybridized carbons (Fsp3) is 0.278. The van der Waals surface area contributed by atoms with Gasteiger partial charge in [-0.05, 0) is 36.1 Å². The summed E-state index contributed by atoms with van der Waals surface area (Å²) in [4.78, 5) is 30.0. The van der Waals surface area contributed by atoms with Gasteiger partial charge in [-0.15, -0.1) is 0 Å². The van der Waals surface area contributed by atoms with E-state index in [4.69, 9.17) is 0 Å². The number of nitrogens with one attached hydrogen (secondary N) is 1. The maximum Gasteiger partial charge on any atom is 0.253 e. The number of aromatic hydroxyl groups is 1. The van der Waals surface area contributed by atoms with Crippen molar-refractivity contribution in [3.63, 3.8) is 0 Å². The number of pyridine rings is 1. The van der Waals surface area contributed by atoms with Crippen LogP contribution in [0.4, 0.5) is 5.69 Å². The van der Waals surface area contributed by atoms with E-state index in [-0.39, 0.29) is 30.0 Å². The molecule has 0 radical (unpaired) electrons. The van der Waals surface area contributed by atoms with Crippen molar-refractivity contribution in [3.8, 4) is 5.75 Å². The summed E-state index contributed by atoms with van der Waals surface area (Å²) in [6.45, 7) is 2.47. The Balaban J connectivity index is 1.73. The van der Waals surface area contributed by atoms with Gasteiger partial charge in [0.1, 0.15) is 5.75 Å². The molecule has 0 bridgehead atoms. The highest BCUT2D eigenvalue weighted by molar-refractivity contribution is 6.01. The summed E-state index contributed by atoms with van der Waals surface area (Å²) in [7, 11) is 0. The predicted molar refractivity (Wildman–Crippen MR) is 90.1 cm³/mol. The summed E-state index contributed by atoms with van der Waals surface area (Å²) in [5.41, 5.74) is 1.91. The lowest BCUT2D eigenvalue weighted by Gasteiger charge is -2.33. The van der Waals surface area contributed by atoms with Gasteiger partial charge in [-0.1, -0.05) is 19.1 Å². The number of hydrogen-bond acceptors (Lipinski definition) is 4. The average Bonchev–Trinajstić information content (AvgIpc) is 2.61. The fourth-order valence-electron chi connectivity index (χ4n) is 2.93. The summed E-state index contributed by atoms with van der Waals surface area (Å²) < 4.78 is 0. The van der Waals surface area contributed by atoms with Crippen molar-refractivity contribution in [1.29, 1.82) is 0 Å². The van der Waals surface area contributed by atoms with Crippen molar-refractivity contribution in [2.75, 3.05) is 18.0 Å². The fourth-order valence-corrected chi connectivity index (χ4v) is 2.93. The van der Waals surface area contributed by atoms with Crippen molar-refractivity contribution in [2.45, 2.75) is 19.3 Å². The third-order valence-corrected chi connectivity index (χ3v) is 4.26. The Morgan fingerprint density at radius 3 is 2.92 bits per heavy atom. The van der Waals surface area contributed by atoms with E-state index >= 15 is 0 Å². The van der Waals surface area contributed by atoms with Crippen molar-refractivity contribution < 1.29 is 14.7 Å². The zero-order chi connectivity index (χ0) is 17.1. The smallest absolute Gasteiger partial charge is 0.253 e. The number of nitrogens with zero attached hydrogens (tertiary/aromatic N) is 2. The maximum absolute atomic E-state index is 12.5. The number of hydrogen-bond donors (Lipinski definition) is 2. The normalized spacial score (nSPS) is 16.4. The van der Waals surface area contributed by atoms with Gasteiger partial charge in [0.25, 0.3) is 5.91 Å². The van der Waals surface area contributed by atoms with Gasteiger partial charge < -0.3 is 15.3 Å². The van der Waals surface area contributed by atoms with Crippen LogP contribution in [0, 0.1) is 0 Å². The van der Waals surface area contributed by atoms with E-state index in [9.17, 15) is 14.7 Å². The number of phenolic OH excluding ortho intramolecular Hbond substituents is 1. The summed E-state index contributed by atoms with van der Waals surface area (Å²) >= 11 is 0. The molecule has 2 heterocycles. The number of carbonyl (C=O) groups is 2. The van der Waals surface area contributed by atoms with E-state index in [0.717, 1.165) is 12.0 Å². The molecule has 0 saturated carbocycles. The molecule has 1 aromatic carbocycles. The third-order valence-electron chi connectivity index (χ3n) is 4.26. The molecule has 0 aliphatic carbocycles. The molecule has 2 amide bonds. The molecule has 124 valence electrons. The molecule has 0 spiro atoms. The molecular formula is C18H19N3O3. The second-order valence-electron chi connectivity index (χ2n) is 5.87. The number of fused-ring (bicyclic) bond motifs is 1. The average molecular weight is 325 g/mol. The summed E-state index contributed by atoms with van der Waals surface area (Å²) in [6, 6.07) is 8.58. The molecular weight excluding hydrogens is 306 g/mol. The molecule has 0 saturated heterocycles.